The number of carboxylic acid groups (broad SMARTS) is 1. The van der Waals surface area contributed by atoms with Crippen molar-refractivity contribution in [2.45, 2.75) is 4.90 Å². The Labute approximate surface area is 191 Å². The molecule has 0 unspecified atom stereocenters. The summed E-state index contributed by atoms with van der Waals surface area (Å²) in [5.41, 5.74) is 0.548. The van der Waals surface area contributed by atoms with Gasteiger partial charge in [0.05, 0.1) is 24.7 Å². The number of nitrogens with one attached hydrogen (secondary N) is 1. The normalized spacial score (nSPS) is 10.8. The first-order valence-corrected chi connectivity index (χ1v) is 11.2. The molecule has 33 heavy (non-hydrogen) atoms. The van der Waals surface area contributed by atoms with Crippen LogP contribution >= 0.6 is 0 Å². The van der Waals surface area contributed by atoms with Gasteiger partial charge in [0.15, 0.2) is 11.5 Å². The lowest BCUT2D eigenvalue weighted by atomic mass is 10.2. The van der Waals surface area contributed by atoms with E-state index in [1.807, 2.05) is 0 Å². The number of ether oxygens (including phenoxy) is 4. The fourth-order valence-corrected chi connectivity index (χ4v) is 3.90. The van der Waals surface area contributed by atoms with Crippen LogP contribution in [-0.4, -0.2) is 46.9 Å². The first-order valence-electron chi connectivity index (χ1n) is 9.76. The van der Waals surface area contributed by atoms with Gasteiger partial charge >= 0.3 is 5.97 Å². The van der Waals surface area contributed by atoms with Crippen LogP contribution in [0.15, 0.2) is 71.6 Å². The zero-order valence-electron chi connectivity index (χ0n) is 18.0. The summed E-state index contributed by atoms with van der Waals surface area (Å²) in [6, 6.07) is 16.8. The van der Waals surface area contributed by atoms with Crippen molar-refractivity contribution in [2.75, 3.05) is 32.2 Å². The third-order valence-corrected chi connectivity index (χ3v) is 5.87. The minimum atomic E-state index is -3.83. The molecular formula is C23H23NO8S. The second-order valence-electron chi connectivity index (χ2n) is 6.67. The highest BCUT2D eigenvalue weighted by Gasteiger charge is 2.17. The van der Waals surface area contributed by atoms with Gasteiger partial charge in [-0.2, -0.15) is 0 Å². The van der Waals surface area contributed by atoms with Crippen molar-refractivity contribution in [1.29, 1.82) is 0 Å². The molecule has 9 nitrogen and oxygen atoms in total. The van der Waals surface area contributed by atoms with Gasteiger partial charge in [0.25, 0.3) is 10.0 Å². The minimum absolute atomic E-state index is 0.0361. The van der Waals surface area contributed by atoms with Gasteiger partial charge in [0.2, 0.25) is 0 Å². The minimum Gasteiger partial charge on any atom is -0.493 e. The highest BCUT2D eigenvalue weighted by atomic mass is 32.2. The SMILES string of the molecule is COc1ccc(S(=O)(=O)Nc2ccc(OCCOc3ccc(C(=O)O)cc3)cc2)cc1OC. The highest BCUT2D eigenvalue weighted by molar-refractivity contribution is 7.92. The summed E-state index contributed by atoms with van der Waals surface area (Å²) in [5.74, 6) is 0.806. The molecule has 0 bridgehead atoms. The second kappa shape index (κ2) is 10.6. The molecule has 0 saturated heterocycles. The Balaban J connectivity index is 1.53. The Morgan fingerprint density at radius 2 is 1.36 bits per heavy atom. The van der Waals surface area contributed by atoms with Crippen LogP contribution in [0.4, 0.5) is 5.69 Å². The molecule has 0 aliphatic carbocycles. The monoisotopic (exact) mass is 473 g/mol. The standard InChI is InChI=1S/C23H23NO8S/c1-29-21-12-11-20(15-22(21)30-2)33(27,28)24-17-5-9-19(10-6-17)32-14-13-31-18-7-3-16(4-8-18)23(25)26/h3-12,15,24H,13-14H2,1-2H3,(H,25,26). The van der Waals surface area contributed by atoms with E-state index in [9.17, 15) is 13.2 Å². The molecule has 3 aromatic rings. The second-order valence-corrected chi connectivity index (χ2v) is 8.36. The number of carboxylic acids is 1. The zero-order valence-corrected chi connectivity index (χ0v) is 18.8. The first-order chi connectivity index (χ1) is 15.8. The van der Waals surface area contributed by atoms with Gasteiger partial charge in [-0.25, -0.2) is 13.2 Å². The fraction of sp³-hybridized carbons (Fsp3) is 0.174. The van der Waals surface area contributed by atoms with E-state index >= 15 is 0 Å². The Kier molecular flexibility index (Phi) is 7.62. The molecule has 0 aliphatic rings. The number of hydrogen-bond donors (Lipinski definition) is 2. The highest BCUT2D eigenvalue weighted by Crippen LogP contribution is 2.30. The average Bonchev–Trinajstić information content (AvgIpc) is 2.82. The zero-order chi connectivity index (χ0) is 23.8. The number of rotatable bonds is 11. The van der Waals surface area contributed by atoms with Gasteiger partial charge in [0, 0.05) is 11.8 Å². The van der Waals surface area contributed by atoms with Crippen molar-refractivity contribution in [3.63, 3.8) is 0 Å². The number of hydrogen-bond acceptors (Lipinski definition) is 7. The molecule has 0 heterocycles. The molecule has 0 aliphatic heterocycles. The van der Waals surface area contributed by atoms with E-state index in [1.165, 1.54) is 44.6 Å². The molecular weight excluding hydrogens is 450 g/mol. The molecule has 0 spiro atoms. The van der Waals surface area contributed by atoms with Crippen LogP contribution in [0.3, 0.4) is 0 Å². The van der Waals surface area contributed by atoms with Crippen LogP contribution in [0.1, 0.15) is 10.4 Å². The van der Waals surface area contributed by atoms with Crippen molar-refractivity contribution in [3.8, 4) is 23.0 Å². The molecule has 2 N–H and O–H groups in total. The first kappa shape index (κ1) is 23.7. The summed E-state index contributed by atoms with van der Waals surface area (Å²) >= 11 is 0. The van der Waals surface area contributed by atoms with Crippen LogP contribution in [0.2, 0.25) is 0 Å². The van der Waals surface area contributed by atoms with Gasteiger partial charge in [-0.3, -0.25) is 4.72 Å². The van der Waals surface area contributed by atoms with Crippen LogP contribution in [0, 0.1) is 0 Å². The van der Waals surface area contributed by atoms with E-state index in [0.29, 0.717) is 28.7 Å². The molecule has 0 radical (unpaired) electrons. The number of carbonyl (C=O) groups is 1. The molecule has 0 atom stereocenters. The smallest absolute Gasteiger partial charge is 0.335 e. The molecule has 3 rings (SSSR count). The van der Waals surface area contributed by atoms with Crippen molar-refractivity contribution in [2.24, 2.45) is 0 Å². The van der Waals surface area contributed by atoms with Crippen LogP contribution < -0.4 is 23.7 Å². The van der Waals surface area contributed by atoms with E-state index in [0.717, 1.165) is 0 Å². The molecule has 0 aromatic heterocycles. The molecule has 0 fully saturated rings. The lowest BCUT2D eigenvalue weighted by molar-refractivity contribution is 0.0696. The fourth-order valence-electron chi connectivity index (χ4n) is 2.83. The Hall–Kier alpha value is -3.92. The van der Waals surface area contributed by atoms with Gasteiger partial charge in [-0.15, -0.1) is 0 Å². The van der Waals surface area contributed by atoms with Crippen molar-refractivity contribution >= 4 is 21.7 Å². The van der Waals surface area contributed by atoms with Crippen molar-refractivity contribution < 1.29 is 37.3 Å². The lowest BCUT2D eigenvalue weighted by Crippen LogP contribution is -2.13. The quantitative estimate of drug-likeness (QED) is 0.405. The van der Waals surface area contributed by atoms with Gasteiger partial charge < -0.3 is 24.1 Å². The number of benzene rings is 3. The predicted octanol–water partition coefficient (Wildman–Crippen LogP) is 3.66. The largest absolute Gasteiger partial charge is 0.493 e. The lowest BCUT2D eigenvalue weighted by Gasteiger charge is -2.12. The maximum atomic E-state index is 12.7. The van der Waals surface area contributed by atoms with E-state index in [1.54, 1.807) is 36.4 Å². The van der Waals surface area contributed by atoms with E-state index < -0.39 is 16.0 Å². The van der Waals surface area contributed by atoms with Gasteiger partial charge in [-0.1, -0.05) is 0 Å². The predicted molar refractivity (Wildman–Crippen MR) is 121 cm³/mol. The maximum Gasteiger partial charge on any atom is 0.335 e. The van der Waals surface area contributed by atoms with Crippen LogP contribution in [0.25, 0.3) is 0 Å². The number of methoxy groups -OCH3 is 2. The maximum absolute atomic E-state index is 12.7. The number of anilines is 1. The topological polar surface area (TPSA) is 120 Å². The van der Waals surface area contributed by atoms with Crippen LogP contribution in [0.5, 0.6) is 23.0 Å². The Bertz CT molecular complexity index is 1190. The Morgan fingerprint density at radius 3 is 1.88 bits per heavy atom. The third kappa shape index (κ3) is 6.30. The van der Waals surface area contributed by atoms with Gasteiger partial charge in [0.1, 0.15) is 24.7 Å². The Morgan fingerprint density at radius 1 is 0.818 bits per heavy atom. The van der Waals surface area contributed by atoms with Crippen molar-refractivity contribution in [1.82, 2.24) is 0 Å². The summed E-state index contributed by atoms with van der Waals surface area (Å²) in [4.78, 5) is 10.9. The summed E-state index contributed by atoms with van der Waals surface area (Å²) in [5, 5.41) is 8.89. The summed E-state index contributed by atoms with van der Waals surface area (Å²) < 4.78 is 49.2. The van der Waals surface area contributed by atoms with E-state index in [-0.39, 0.29) is 23.7 Å². The van der Waals surface area contributed by atoms with Gasteiger partial charge in [-0.05, 0) is 60.7 Å². The molecule has 10 heteroatoms. The number of aromatic carboxylic acids is 1. The van der Waals surface area contributed by atoms with E-state index in [2.05, 4.69) is 4.72 Å². The molecule has 3 aromatic carbocycles. The third-order valence-electron chi connectivity index (χ3n) is 4.49. The van der Waals surface area contributed by atoms with Crippen molar-refractivity contribution in [3.05, 3.63) is 72.3 Å². The summed E-state index contributed by atoms with van der Waals surface area (Å²) in [6.07, 6.45) is 0. The number of sulfonamides is 1. The summed E-state index contributed by atoms with van der Waals surface area (Å²) in [7, 11) is -0.925. The average molecular weight is 474 g/mol. The molecule has 0 saturated carbocycles. The van der Waals surface area contributed by atoms with Crippen LogP contribution in [-0.2, 0) is 10.0 Å². The molecule has 0 amide bonds. The van der Waals surface area contributed by atoms with E-state index in [4.69, 9.17) is 24.1 Å². The summed E-state index contributed by atoms with van der Waals surface area (Å²) in [6.45, 7) is 0.498. The molecule has 174 valence electrons.